The van der Waals surface area contributed by atoms with Gasteiger partial charge < -0.3 is 10.5 Å². The highest BCUT2D eigenvalue weighted by Gasteiger charge is 1.98. The normalized spacial score (nSPS) is 9.18. The zero-order chi connectivity index (χ0) is 8.27. The third kappa shape index (κ3) is 1.49. The van der Waals surface area contributed by atoms with Gasteiger partial charge >= 0.3 is 0 Å². The minimum Gasteiger partial charge on any atom is -0.493 e. The number of hydrogen-bond donors (Lipinski definition) is 1. The van der Waals surface area contributed by atoms with Crippen molar-refractivity contribution in [3.8, 4) is 5.75 Å². The monoisotopic (exact) mass is 150 g/mol. The predicted octanol–water partition coefficient (Wildman–Crippen LogP) is 1.32. The van der Waals surface area contributed by atoms with Crippen LogP contribution in [0.3, 0.4) is 0 Å². The van der Waals surface area contributed by atoms with Crippen molar-refractivity contribution in [1.29, 1.82) is 0 Å². The number of nitrogens with two attached hydrogens (primary N) is 1. The zero-order valence-electron chi connectivity index (χ0n) is 6.37. The minimum atomic E-state index is 0.393. The quantitative estimate of drug-likeness (QED) is 0.691. The molecule has 1 aromatic heterocycles. The number of pyridine rings is 1. The van der Waals surface area contributed by atoms with Crippen molar-refractivity contribution in [3.63, 3.8) is 0 Å². The van der Waals surface area contributed by atoms with Crippen LogP contribution < -0.4 is 10.5 Å². The average Bonchev–Trinajstić information content (AvgIpc) is 2.04. The van der Waals surface area contributed by atoms with E-state index in [1.165, 1.54) is 0 Å². The van der Waals surface area contributed by atoms with Gasteiger partial charge in [-0.1, -0.05) is 6.58 Å². The molecule has 1 aromatic rings. The molecule has 0 atom stereocenters. The average molecular weight is 150 g/mol. The summed E-state index contributed by atoms with van der Waals surface area (Å²) in [6, 6.07) is 3.56. The molecule has 1 heterocycles. The van der Waals surface area contributed by atoms with Gasteiger partial charge in [-0.3, -0.25) is 0 Å². The Morgan fingerprint density at radius 3 is 2.82 bits per heavy atom. The molecule has 58 valence electrons. The lowest BCUT2D eigenvalue weighted by molar-refractivity contribution is 0.415. The molecule has 0 aliphatic heterocycles. The maximum atomic E-state index is 5.52. The predicted molar refractivity (Wildman–Crippen MR) is 45.3 cm³/mol. The topological polar surface area (TPSA) is 48.1 Å². The van der Waals surface area contributed by atoms with Gasteiger partial charge in [-0.05, 0) is 18.2 Å². The van der Waals surface area contributed by atoms with E-state index in [2.05, 4.69) is 11.6 Å². The van der Waals surface area contributed by atoms with Crippen LogP contribution in [0, 0.1) is 0 Å². The molecule has 2 N–H and O–H groups in total. The Balaban J connectivity index is 3.09. The summed E-state index contributed by atoms with van der Waals surface area (Å²) in [6.45, 7) is 3.57. The molecular formula is C8H10N2O. The molecule has 0 aliphatic rings. The maximum absolute atomic E-state index is 5.52. The summed E-state index contributed by atoms with van der Waals surface area (Å²) in [5.74, 6) is 0.987. The summed E-state index contributed by atoms with van der Waals surface area (Å²) in [7, 11) is 1.56. The number of anilines is 1. The Kier molecular flexibility index (Phi) is 2.11. The van der Waals surface area contributed by atoms with Crippen molar-refractivity contribution in [1.82, 2.24) is 4.98 Å². The number of hydrogen-bond acceptors (Lipinski definition) is 3. The first kappa shape index (κ1) is 7.60. The van der Waals surface area contributed by atoms with Gasteiger partial charge in [0.1, 0.15) is 0 Å². The molecule has 0 unspecified atom stereocenters. The number of rotatable bonds is 2. The fourth-order valence-electron chi connectivity index (χ4n) is 0.764. The van der Waals surface area contributed by atoms with Gasteiger partial charge in [-0.2, -0.15) is 0 Å². The van der Waals surface area contributed by atoms with Gasteiger partial charge in [-0.25, -0.2) is 4.98 Å². The summed E-state index contributed by atoms with van der Waals surface area (Å²) < 4.78 is 4.92. The fourth-order valence-corrected chi connectivity index (χ4v) is 0.764. The summed E-state index contributed by atoms with van der Waals surface area (Å²) >= 11 is 0. The summed E-state index contributed by atoms with van der Waals surface area (Å²) in [5.41, 5.74) is 6.28. The van der Waals surface area contributed by atoms with Crippen LogP contribution in [0.2, 0.25) is 0 Å². The molecule has 0 amide bonds. The van der Waals surface area contributed by atoms with E-state index in [0.29, 0.717) is 11.6 Å². The van der Waals surface area contributed by atoms with Crippen LogP contribution in [0.15, 0.2) is 18.7 Å². The Bertz CT molecular complexity index is 271. The second-order valence-electron chi connectivity index (χ2n) is 2.03. The van der Waals surface area contributed by atoms with Crippen LogP contribution in [-0.2, 0) is 0 Å². The van der Waals surface area contributed by atoms with Crippen molar-refractivity contribution >= 4 is 11.9 Å². The van der Waals surface area contributed by atoms with E-state index in [-0.39, 0.29) is 0 Å². The molecule has 0 fully saturated rings. The van der Waals surface area contributed by atoms with E-state index in [4.69, 9.17) is 10.5 Å². The molecular weight excluding hydrogens is 140 g/mol. The van der Waals surface area contributed by atoms with E-state index in [9.17, 15) is 0 Å². The molecule has 0 saturated heterocycles. The molecule has 0 radical (unpaired) electrons. The van der Waals surface area contributed by atoms with E-state index in [1.807, 2.05) is 0 Å². The van der Waals surface area contributed by atoms with E-state index >= 15 is 0 Å². The van der Waals surface area contributed by atoms with Crippen molar-refractivity contribution < 1.29 is 4.74 Å². The summed E-state index contributed by atoms with van der Waals surface area (Å²) in [5, 5.41) is 0. The lowest BCUT2D eigenvalue weighted by Gasteiger charge is -2.02. The van der Waals surface area contributed by atoms with Crippen molar-refractivity contribution in [2.75, 3.05) is 12.8 Å². The molecule has 0 aromatic carbocycles. The SMILES string of the molecule is C=Cc1ccc(OC)c(N)n1. The number of aromatic nitrogens is 1. The molecule has 0 aliphatic carbocycles. The number of nitrogens with zero attached hydrogens (tertiary/aromatic N) is 1. The first-order valence-corrected chi connectivity index (χ1v) is 3.21. The van der Waals surface area contributed by atoms with Crippen LogP contribution in [0.25, 0.3) is 6.08 Å². The highest BCUT2D eigenvalue weighted by atomic mass is 16.5. The second-order valence-corrected chi connectivity index (χ2v) is 2.03. The number of nitrogen functional groups attached to an aromatic ring is 1. The molecule has 0 spiro atoms. The van der Waals surface area contributed by atoms with Crippen molar-refractivity contribution in [3.05, 3.63) is 24.4 Å². The lowest BCUT2D eigenvalue weighted by Crippen LogP contribution is -1.96. The first-order chi connectivity index (χ1) is 5.27. The fraction of sp³-hybridized carbons (Fsp3) is 0.125. The second kappa shape index (κ2) is 3.05. The molecule has 1 rings (SSSR count). The highest BCUT2D eigenvalue weighted by Crippen LogP contribution is 2.18. The smallest absolute Gasteiger partial charge is 0.166 e. The number of ether oxygens (including phenoxy) is 1. The van der Waals surface area contributed by atoms with Crippen LogP contribution in [0.1, 0.15) is 5.69 Å². The van der Waals surface area contributed by atoms with E-state index in [0.717, 1.165) is 5.69 Å². The Morgan fingerprint density at radius 2 is 2.36 bits per heavy atom. The van der Waals surface area contributed by atoms with Gasteiger partial charge in [0.15, 0.2) is 11.6 Å². The highest BCUT2D eigenvalue weighted by molar-refractivity contribution is 5.52. The van der Waals surface area contributed by atoms with Crippen molar-refractivity contribution in [2.45, 2.75) is 0 Å². The Morgan fingerprint density at radius 1 is 1.64 bits per heavy atom. The molecule has 3 heteroatoms. The van der Waals surface area contributed by atoms with Gasteiger partial charge in [0.25, 0.3) is 0 Å². The van der Waals surface area contributed by atoms with Crippen LogP contribution in [-0.4, -0.2) is 12.1 Å². The summed E-state index contributed by atoms with van der Waals surface area (Å²) in [4.78, 5) is 4.00. The largest absolute Gasteiger partial charge is 0.493 e. The zero-order valence-corrected chi connectivity index (χ0v) is 6.37. The van der Waals surface area contributed by atoms with E-state index < -0.39 is 0 Å². The molecule has 11 heavy (non-hydrogen) atoms. The summed E-state index contributed by atoms with van der Waals surface area (Å²) in [6.07, 6.45) is 1.63. The maximum Gasteiger partial charge on any atom is 0.166 e. The molecule has 0 bridgehead atoms. The van der Waals surface area contributed by atoms with Gasteiger partial charge in [0, 0.05) is 0 Å². The van der Waals surface area contributed by atoms with Gasteiger partial charge in [0.05, 0.1) is 12.8 Å². The van der Waals surface area contributed by atoms with Crippen LogP contribution in [0.4, 0.5) is 5.82 Å². The molecule has 3 nitrogen and oxygen atoms in total. The minimum absolute atomic E-state index is 0.393. The third-order valence-corrected chi connectivity index (χ3v) is 1.34. The Hall–Kier alpha value is -1.51. The van der Waals surface area contributed by atoms with Crippen LogP contribution in [0.5, 0.6) is 5.75 Å². The van der Waals surface area contributed by atoms with E-state index in [1.54, 1.807) is 25.3 Å². The van der Waals surface area contributed by atoms with Gasteiger partial charge in [-0.15, -0.1) is 0 Å². The van der Waals surface area contributed by atoms with Gasteiger partial charge in [0.2, 0.25) is 0 Å². The standard InChI is InChI=1S/C8H10N2O/c1-3-6-4-5-7(11-2)8(9)10-6/h3-5H,1H2,2H3,(H2,9,10). The first-order valence-electron chi connectivity index (χ1n) is 3.21. The third-order valence-electron chi connectivity index (χ3n) is 1.34. The van der Waals surface area contributed by atoms with Crippen molar-refractivity contribution in [2.24, 2.45) is 0 Å². The number of methoxy groups -OCH3 is 1. The Labute approximate surface area is 65.5 Å². The van der Waals surface area contributed by atoms with Crippen LogP contribution >= 0.6 is 0 Å². The lowest BCUT2D eigenvalue weighted by atomic mass is 10.3. The molecule has 0 saturated carbocycles.